The first kappa shape index (κ1) is 9.26. The highest BCUT2D eigenvalue weighted by Crippen LogP contribution is 2.05. The van der Waals surface area contributed by atoms with E-state index in [9.17, 15) is 0 Å². The number of nitrogens with two attached hydrogens (primary N) is 1. The highest BCUT2D eigenvalue weighted by Gasteiger charge is 2.02. The van der Waals surface area contributed by atoms with E-state index in [-0.39, 0.29) is 6.04 Å². The van der Waals surface area contributed by atoms with Crippen molar-refractivity contribution in [1.82, 2.24) is 9.78 Å². The molecule has 3 nitrogen and oxygen atoms in total. The molecule has 1 heterocycles. The third-order valence-corrected chi connectivity index (χ3v) is 1.87. The van der Waals surface area contributed by atoms with E-state index in [1.165, 1.54) is 12.8 Å². The summed E-state index contributed by atoms with van der Waals surface area (Å²) in [5, 5.41) is 4.34. The summed E-state index contributed by atoms with van der Waals surface area (Å²) >= 11 is 0. The lowest BCUT2D eigenvalue weighted by Crippen LogP contribution is -2.07. The van der Waals surface area contributed by atoms with Gasteiger partial charge in [0.25, 0.3) is 0 Å². The van der Waals surface area contributed by atoms with E-state index in [2.05, 4.69) is 12.0 Å². The predicted octanol–water partition coefficient (Wildman–Crippen LogP) is 1.70. The van der Waals surface area contributed by atoms with Gasteiger partial charge in [0.1, 0.15) is 0 Å². The summed E-state index contributed by atoms with van der Waals surface area (Å²) in [4.78, 5) is 0. The molecule has 0 aliphatic carbocycles. The number of hydrogen-bond donors (Lipinski definition) is 1. The van der Waals surface area contributed by atoms with Crippen molar-refractivity contribution in [1.29, 1.82) is 0 Å². The van der Waals surface area contributed by atoms with Crippen LogP contribution in [-0.4, -0.2) is 9.78 Å². The molecule has 1 aromatic heterocycles. The van der Waals surface area contributed by atoms with Crippen LogP contribution in [0.5, 0.6) is 0 Å². The lowest BCUT2D eigenvalue weighted by Gasteiger charge is -2.00. The lowest BCUT2D eigenvalue weighted by atomic mass is 10.3. The largest absolute Gasteiger partial charge is 0.323 e. The summed E-state index contributed by atoms with van der Waals surface area (Å²) in [6.45, 7) is 5.13. The zero-order valence-electron chi connectivity index (χ0n) is 7.83. The standard InChI is InChI=1S/C9H17N3/c1-3-4-6-12-7-5-9(11-12)8(2)10/h5,7-8H,3-4,6,10H2,1-2H3/t8-/m1/s1. The van der Waals surface area contributed by atoms with Crippen LogP contribution in [0.2, 0.25) is 0 Å². The number of rotatable bonds is 4. The third-order valence-electron chi connectivity index (χ3n) is 1.87. The molecule has 68 valence electrons. The van der Waals surface area contributed by atoms with E-state index in [4.69, 9.17) is 5.73 Å². The number of unbranched alkanes of at least 4 members (excludes halogenated alkanes) is 1. The van der Waals surface area contributed by atoms with Crippen molar-refractivity contribution in [2.24, 2.45) is 5.73 Å². The van der Waals surface area contributed by atoms with Crippen LogP contribution in [0, 0.1) is 0 Å². The first-order valence-corrected chi connectivity index (χ1v) is 4.53. The minimum atomic E-state index is 0.0490. The molecule has 0 spiro atoms. The fourth-order valence-corrected chi connectivity index (χ4v) is 1.06. The van der Waals surface area contributed by atoms with Crippen molar-refractivity contribution in [3.63, 3.8) is 0 Å². The van der Waals surface area contributed by atoms with E-state index in [1.54, 1.807) is 0 Å². The molecule has 12 heavy (non-hydrogen) atoms. The van der Waals surface area contributed by atoms with Crippen LogP contribution in [0.15, 0.2) is 12.3 Å². The quantitative estimate of drug-likeness (QED) is 0.741. The van der Waals surface area contributed by atoms with Gasteiger partial charge in [0, 0.05) is 18.8 Å². The highest BCUT2D eigenvalue weighted by atomic mass is 15.3. The monoisotopic (exact) mass is 167 g/mol. The van der Waals surface area contributed by atoms with Crippen molar-refractivity contribution in [3.8, 4) is 0 Å². The smallest absolute Gasteiger partial charge is 0.0788 e. The molecule has 0 aliphatic heterocycles. The first-order valence-electron chi connectivity index (χ1n) is 4.53. The van der Waals surface area contributed by atoms with Crippen molar-refractivity contribution in [2.75, 3.05) is 0 Å². The zero-order valence-corrected chi connectivity index (χ0v) is 7.83. The second-order valence-corrected chi connectivity index (χ2v) is 3.15. The van der Waals surface area contributed by atoms with Crippen LogP contribution < -0.4 is 5.73 Å². The summed E-state index contributed by atoms with van der Waals surface area (Å²) in [5.41, 5.74) is 6.66. The van der Waals surface area contributed by atoms with Gasteiger partial charge in [-0.05, 0) is 19.4 Å². The normalized spacial score (nSPS) is 13.2. The Balaban J connectivity index is 2.52. The van der Waals surface area contributed by atoms with Gasteiger partial charge in [0.05, 0.1) is 5.69 Å². The summed E-state index contributed by atoms with van der Waals surface area (Å²) < 4.78 is 1.96. The van der Waals surface area contributed by atoms with Crippen molar-refractivity contribution in [2.45, 2.75) is 39.3 Å². The van der Waals surface area contributed by atoms with Gasteiger partial charge in [0.2, 0.25) is 0 Å². The van der Waals surface area contributed by atoms with Crippen LogP contribution in [0.4, 0.5) is 0 Å². The van der Waals surface area contributed by atoms with Crippen LogP contribution in [-0.2, 0) is 6.54 Å². The van der Waals surface area contributed by atoms with Crippen LogP contribution >= 0.6 is 0 Å². The van der Waals surface area contributed by atoms with Gasteiger partial charge in [-0.25, -0.2) is 0 Å². The van der Waals surface area contributed by atoms with Gasteiger partial charge < -0.3 is 5.73 Å². The Morgan fingerprint density at radius 3 is 2.92 bits per heavy atom. The van der Waals surface area contributed by atoms with Crippen LogP contribution in [0.3, 0.4) is 0 Å². The summed E-state index contributed by atoms with van der Waals surface area (Å²) in [5.74, 6) is 0. The number of aryl methyl sites for hydroxylation is 1. The molecule has 0 radical (unpaired) electrons. The van der Waals surface area contributed by atoms with Crippen LogP contribution in [0.1, 0.15) is 38.4 Å². The maximum Gasteiger partial charge on any atom is 0.0788 e. The number of aromatic nitrogens is 2. The van der Waals surface area contributed by atoms with Crippen molar-refractivity contribution < 1.29 is 0 Å². The second kappa shape index (κ2) is 4.26. The number of hydrogen-bond acceptors (Lipinski definition) is 2. The van der Waals surface area contributed by atoms with Gasteiger partial charge in [-0.2, -0.15) is 5.10 Å². The maximum absolute atomic E-state index is 5.68. The molecule has 0 fully saturated rings. The molecule has 0 unspecified atom stereocenters. The third kappa shape index (κ3) is 2.34. The van der Waals surface area contributed by atoms with Gasteiger partial charge in [-0.1, -0.05) is 13.3 Å². The van der Waals surface area contributed by atoms with Crippen molar-refractivity contribution >= 4 is 0 Å². The molecule has 3 heteroatoms. The van der Waals surface area contributed by atoms with Gasteiger partial charge in [-0.3, -0.25) is 4.68 Å². The van der Waals surface area contributed by atoms with Crippen LogP contribution in [0.25, 0.3) is 0 Å². The first-order chi connectivity index (χ1) is 5.74. The van der Waals surface area contributed by atoms with Gasteiger partial charge in [-0.15, -0.1) is 0 Å². The highest BCUT2D eigenvalue weighted by molar-refractivity contribution is 5.02. The molecule has 2 N–H and O–H groups in total. The van der Waals surface area contributed by atoms with E-state index < -0.39 is 0 Å². The van der Waals surface area contributed by atoms with E-state index in [0.29, 0.717) is 0 Å². The summed E-state index contributed by atoms with van der Waals surface area (Å²) in [7, 11) is 0. The molecule has 1 aromatic rings. The SMILES string of the molecule is CCCCn1ccc([C@@H](C)N)n1. The Bertz CT molecular complexity index is 227. The molecule has 1 rings (SSSR count). The van der Waals surface area contributed by atoms with E-state index in [0.717, 1.165) is 12.2 Å². The molecule has 0 aliphatic rings. The number of nitrogens with zero attached hydrogens (tertiary/aromatic N) is 2. The Morgan fingerprint density at radius 2 is 2.42 bits per heavy atom. The summed E-state index contributed by atoms with van der Waals surface area (Å²) in [6, 6.07) is 2.04. The Labute approximate surface area is 73.6 Å². The minimum absolute atomic E-state index is 0.0490. The molecule has 0 amide bonds. The van der Waals surface area contributed by atoms with Gasteiger partial charge in [0.15, 0.2) is 0 Å². The molecule has 1 atom stereocenters. The topological polar surface area (TPSA) is 43.8 Å². The molecule has 0 saturated carbocycles. The average molecular weight is 167 g/mol. The zero-order chi connectivity index (χ0) is 8.97. The Morgan fingerprint density at radius 1 is 1.67 bits per heavy atom. The van der Waals surface area contributed by atoms with E-state index >= 15 is 0 Å². The Hall–Kier alpha value is -0.830. The maximum atomic E-state index is 5.68. The Kier molecular flexibility index (Phi) is 3.29. The molecular formula is C9H17N3. The second-order valence-electron chi connectivity index (χ2n) is 3.15. The van der Waals surface area contributed by atoms with E-state index in [1.807, 2.05) is 23.9 Å². The fraction of sp³-hybridized carbons (Fsp3) is 0.667. The van der Waals surface area contributed by atoms with Crippen molar-refractivity contribution in [3.05, 3.63) is 18.0 Å². The molecule has 0 bridgehead atoms. The van der Waals surface area contributed by atoms with Gasteiger partial charge >= 0.3 is 0 Å². The molecular weight excluding hydrogens is 150 g/mol. The fourth-order valence-electron chi connectivity index (χ4n) is 1.06. The molecule has 0 saturated heterocycles. The lowest BCUT2D eigenvalue weighted by molar-refractivity contribution is 0.559. The predicted molar refractivity (Wildman–Crippen MR) is 49.7 cm³/mol. The minimum Gasteiger partial charge on any atom is -0.323 e. The molecule has 0 aromatic carbocycles. The summed E-state index contributed by atoms with van der Waals surface area (Å²) in [6.07, 6.45) is 4.38. The average Bonchev–Trinajstić information content (AvgIpc) is 2.48.